The van der Waals surface area contributed by atoms with E-state index in [2.05, 4.69) is 64.2 Å². The predicted octanol–water partition coefficient (Wildman–Crippen LogP) is 4.38. The second-order valence-corrected chi connectivity index (χ2v) is 5.61. The Balaban J connectivity index is 2.77. The van der Waals surface area contributed by atoms with Gasteiger partial charge >= 0.3 is 0 Å². The first-order chi connectivity index (χ1) is 8.60. The van der Waals surface area contributed by atoms with E-state index in [1.165, 1.54) is 17.5 Å². The first-order valence-electron chi connectivity index (χ1n) is 7.42. The number of benzene rings is 1. The zero-order valence-corrected chi connectivity index (χ0v) is 12.7. The maximum absolute atomic E-state index is 3.70. The van der Waals surface area contributed by atoms with Crippen LogP contribution in [0.1, 0.15) is 58.1 Å². The molecule has 0 saturated heterocycles. The summed E-state index contributed by atoms with van der Waals surface area (Å²) >= 11 is 0. The fraction of sp³-hybridized carbons (Fsp3) is 0.647. The Bertz CT molecular complexity index is 326. The first-order valence-corrected chi connectivity index (χ1v) is 7.42. The minimum Gasteiger partial charge on any atom is -0.313 e. The zero-order chi connectivity index (χ0) is 13.5. The van der Waals surface area contributed by atoms with Gasteiger partial charge in [0.25, 0.3) is 0 Å². The van der Waals surface area contributed by atoms with Crippen LogP contribution < -0.4 is 5.32 Å². The molecule has 2 atom stereocenters. The van der Waals surface area contributed by atoms with Gasteiger partial charge in [-0.15, -0.1) is 0 Å². The highest BCUT2D eigenvalue weighted by molar-refractivity contribution is 5.26. The van der Waals surface area contributed by atoms with Crippen LogP contribution in [0.3, 0.4) is 0 Å². The number of rotatable bonds is 7. The van der Waals surface area contributed by atoms with Crippen LogP contribution in [0.4, 0.5) is 0 Å². The number of aryl methyl sites for hydroxylation is 1. The maximum atomic E-state index is 3.70. The molecule has 1 rings (SSSR count). The van der Waals surface area contributed by atoms with Gasteiger partial charge in [-0.3, -0.25) is 0 Å². The van der Waals surface area contributed by atoms with Crippen LogP contribution in [0, 0.1) is 5.92 Å². The van der Waals surface area contributed by atoms with E-state index in [1.807, 2.05) is 0 Å². The number of hydrogen-bond donors (Lipinski definition) is 1. The van der Waals surface area contributed by atoms with Gasteiger partial charge in [0.05, 0.1) is 0 Å². The van der Waals surface area contributed by atoms with Gasteiger partial charge in [0, 0.05) is 6.04 Å². The lowest BCUT2D eigenvalue weighted by molar-refractivity contribution is 0.354. The summed E-state index contributed by atoms with van der Waals surface area (Å²) in [6.45, 7) is 12.5. The van der Waals surface area contributed by atoms with Crippen molar-refractivity contribution in [2.24, 2.45) is 5.92 Å². The van der Waals surface area contributed by atoms with Crippen molar-refractivity contribution < 1.29 is 0 Å². The quantitative estimate of drug-likeness (QED) is 0.754. The molecule has 1 N–H and O–H groups in total. The maximum Gasteiger partial charge on any atom is 0.0156 e. The van der Waals surface area contributed by atoms with E-state index in [-0.39, 0.29) is 0 Å². The Morgan fingerprint density at radius 2 is 1.61 bits per heavy atom. The summed E-state index contributed by atoms with van der Waals surface area (Å²) in [5.41, 5.74) is 2.88. The van der Waals surface area contributed by atoms with Crippen molar-refractivity contribution in [3.05, 3.63) is 35.4 Å². The molecule has 2 unspecified atom stereocenters. The first kappa shape index (κ1) is 15.2. The van der Waals surface area contributed by atoms with Crippen LogP contribution in [0.15, 0.2) is 24.3 Å². The van der Waals surface area contributed by atoms with Crippen molar-refractivity contribution in [3.8, 4) is 0 Å². The second-order valence-electron chi connectivity index (χ2n) is 5.61. The number of hydrogen-bond acceptors (Lipinski definition) is 1. The van der Waals surface area contributed by atoms with Crippen LogP contribution in [0.5, 0.6) is 0 Å². The molecule has 0 aliphatic rings. The smallest absolute Gasteiger partial charge is 0.0156 e. The molecule has 0 heterocycles. The molecular formula is C17H29N. The van der Waals surface area contributed by atoms with Gasteiger partial charge < -0.3 is 5.32 Å². The van der Waals surface area contributed by atoms with Gasteiger partial charge in [-0.25, -0.2) is 0 Å². The average Bonchev–Trinajstić information content (AvgIpc) is 2.38. The van der Waals surface area contributed by atoms with Crippen molar-refractivity contribution in [3.63, 3.8) is 0 Å². The fourth-order valence-electron chi connectivity index (χ4n) is 2.57. The van der Waals surface area contributed by atoms with Crippen LogP contribution in [0.25, 0.3) is 0 Å². The molecule has 0 aliphatic heterocycles. The lowest BCUT2D eigenvalue weighted by Gasteiger charge is -2.29. The molecule has 0 bridgehead atoms. The summed E-state index contributed by atoms with van der Waals surface area (Å²) in [6, 6.07) is 9.70. The molecular weight excluding hydrogens is 218 g/mol. The molecule has 1 heteroatoms. The third-order valence-corrected chi connectivity index (χ3v) is 3.80. The van der Waals surface area contributed by atoms with Crippen molar-refractivity contribution in [2.45, 2.75) is 59.4 Å². The van der Waals surface area contributed by atoms with Crippen molar-refractivity contribution in [1.82, 2.24) is 5.32 Å². The Labute approximate surface area is 113 Å². The Morgan fingerprint density at radius 1 is 1.00 bits per heavy atom. The van der Waals surface area contributed by atoms with Crippen LogP contribution in [-0.4, -0.2) is 12.6 Å². The Kier molecular flexibility index (Phi) is 6.42. The number of nitrogens with one attached hydrogen (secondary N) is 1. The van der Waals surface area contributed by atoms with E-state index in [4.69, 9.17) is 0 Å². The highest BCUT2D eigenvalue weighted by atomic mass is 14.9. The van der Waals surface area contributed by atoms with E-state index in [1.54, 1.807) is 0 Å². The Morgan fingerprint density at radius 3 is 2.06 bits per heavy atom. The molecule has 0 spiro atoms. The summed E-state index contributed by atoms with van der Waals surface area (Å²) in [4.78, 5) is 0. The summed E-state index contributed by atoms with van der Waals surface area (Å²) in [5, 5.41) is 3.70. The molecule has 0 radical (unpaired) electrons. The summed E-state index contributed by atoms with van der Waals surface area (Å²) in [5.74, 6) is 1.24. The molecule has 1 nitrogen and oxygen atoms in total. The lowest BCUT2D eigenvalue weighted by Crippen LogP contribution is -2.38. The third-order valence-electron chi connectivity index (χ3n) is 3.80. The molecule has 1 aromatic carbocycles. The van der Waals surface area contributed by atoms with Crippen molar-refractivity contribution in [2.75, 3.05) is 6.54 Å². The van der Waals surface area contributed by atoms with Gasteiger partial charge in [0.2, 0.25) is 0 Å². The topological polar surface area (TPSA) is 12.0 Å². The van der Waals surface area contributed by atoms with Gasteiger partial charge in [-0.2, -0.15) is 0 Å². The van der Waals surface area contributed by atoms with Crippen LogP contribution >= 0.6 is 0 Å². The molecule has 0 saturated carbocycles. The highest BCUT2D eigenvalue weighted by Crippen LogP contribution is 2.24. The molecule has 102 valence electrons. The minimum atomic E-state index is 0.567. The van der Waals surface area contributed by atoms with Gasteiger partial charge in [0.15, 0.2) is 0 Å². The third kappa shape index (κ3) is 4.13. The Hall–Kier alpha value is -0.820. The molecule has 0 aromatic heterocycles. The molecule has 0 fully saturated rings. The fourth-order valence-corrected chi connectivity index (χ4v) is 2.57. The lowest BCUT2D eigenvalue weighted by atomic mass is 9.86. The van der Waals surface area contributed by atoms with E-state index in [0.717, 1.165) is 13.0 Å². The normalized spacial score (nSPS) is 14.8. The van der Waals surface area contributed by atoms with Crippen molar-refractivity contribution in [1.29, 1.82) is 0 Å². The highest BCUT2D eigenvalue weighted by Gasteiger charge is 2.21. The van der Waals surface area contributed by atoms with Crippen LogP contribution in [-0.2, 0) is 6.42 Å². The van der Waals surface area contributed by atoms with Crippen LogP contribution in [0.2, 0.25) is 0 Å². The summed E-state index contributed by atoms with van der Waals surface area (Å²) in [7, 11) is 0. The SMILES string of the molecule is CCCNC(C(C)C)C(C)c1ccc(CC)cc1. The van der Waals surface area contributed by atoms with Gasteiger partial charge in [0.1, 0.15) is 0 Å². The van der Waals surface area contributed by atoms with Crippen molar-refractivity contribution >= 4 is 0 Å². The largest absolute Gasteiger partial charge is 0.313 e. The average molecular weight is 247 g/mol. The summed E-state index contributed by atoms with van der Waals surface area (Å²) in [6.07, 6.45) is 2.32. The van der Waals surface area contributed by atoms with E-state index in [0.29, 0.717) is 17.9 Å². The standard InChI is InChI=1S/C17H29N/c1-6-12-18-17(13(3)4)14(5)16-10-8-15(7-2)9-11-16/h8-11,13-14,17-18H,6-7,12H2,1-5H3. The van der Waals surface area contributed by atoms with Gasteiger partial charge in [-0.05, 0) is 42.3 Å². The van der Waals surface area contributed by atoms with E-state index in [9.17, 15) is 0 Å². The predicted molar refractivity (Wildman–Crippen MR) is 81.2 cm³/mol. The monoisotopic (exact) mass is 247 g/mol. The molecule has 1 aromatic rings. The minimum absolute atomic E-state index is 0.567. The molecule has 0 aliphatic carbocycles. The zero-order valence-electron chi connectivity index (χ0n) is 12.7. The van der Waals surface area contributed by atoms with E-state index >= 15 is 0 Å². The molecule has 18 heavy (non-hydrogen) atoms. The second kappa shape index (κ2) is 7.58. The van der Waals surface area contributed by atoms with E-state index < -0.39 is 0 Å². The molecule has 0 amide bonds. The van der Waals surface area contributed by atoms with Gasteiger partial charge in [-0.1, -0.05) is 58.9 Å². The summed E-state index contributed by atoms with van der Waals surface area (Å²) < 4.78 is 0.